The quantitative estimate of drug-likeness (QED) is 0.916. The summed E-state index contributed by atoms with van der Waals surface area (Å²) < 4.78 is 0. The summed E-state index contributed by atoms with van der Waals surface area (Å²) in [5, 5.41) is 2.94. The van der Waals surface area contributed by atoms with E-state index in [0.29, 0.717) is 0 Å². The first-order valence-electron chi connectivity index (χ1n) is 7.70. The molecule has 108 valence electrons. The maximum Gasteiger partial charge on any atom is 0.223 e. The minimum absolute atomic E-state index is 0.0733. The predicted molar refractivity (Wildman–Crippen MR) is 80.5 cm³/mol. The number of nitrogens with zero attached hydrogens (tertiary/aromatic N) is 1. The molecule has 20 heavy (non-hydrogen) atoms. The number of rotatable bonds is 3. The fourth-order valence-corrected chi connectivity index (χ4v) is 3.66. The highest BCUT2D eigenvalue weighted by atomic mass is 16.2. The highest BCUT2D eigenvalue weighted by Crippen LogP contribution is 2.35. The second-order valence-corrected chi connectivity index (χ2v) is 6.52. The molecular formula is C17H24N2O. The zero-order valence-corrected chi connectivity index (χ0v) is 12.5. The molecule has 1 saturated heterocycles. The second-order valence-electron chi connectivity index (χ2n) is 6.52. The monoisotopic (exact) mass is 272 g/mol. The van der Waals surface area contributed by atoms with E-state index in [1.54, 1.807) is 0 Å². The molecular weight excluding hydrogens is 248 g/mol. The molecule has 1 atom stereocenters. The van der Waals surface area contributed by atoms with Crippen LogP contribution in [0.2, 0.25) is 0 Å². The number of carbonyl (C=O) groups excluding carboxylic acids is 1. The van der Waals surface area contributed by atoms with Crippen molar-refractivity contribution in [3.8, 4) is 0 Å². The van der Waals surface area contributed by atoms with Crippen molar-refractivity contribution >= 4 is 5.91 Å². The summed E-state index contributed by atoms with van der Waals surface area (Å²) in [5.41, 5.74) is 3.00. The molecule has 2 aliphatic rings. The third-order valence-electron chi connectivity index (χ3n) is 5.03. The van der Waals surface area contributed by atoms with Gasteiger partial charge in [-0.05, 0) is 50.8 Å². The Hall–Kier alpha value is -1.35. The summed E-state index contributed by atoms with van der Waals surface area (Å²) in [6.45, 7) is 7.58. The summed E-state index contributed by atoms with van der Waals surface area (Å²) >= 11 is 0. The van der Waals surface area contributed by atoms with Crippen LogP contribution in [0.25, 0.3) is 0 Å². The molecule has 0 aromatic heterocycles. The van der Waals surface area contributed by atoms with Crippen molar-refractivity contribution in [3.63, 3.8) is 0 Å². The third kappa shape index (κ3) is 2.35. The van der Waals surface area contributed by atoms with Gasteiger partial charge in [0, 0.05) is 24.5 Å². The van der Waals surface area contributed by atoms with Crippen LogP contribution in [0.3, 0.4) is 0 Å². The highest BCUT2D eigenvalue weighted by molar-refractivity contribution is 5.80. The molecule has 0 aliphatic carbocycles. The highest BCUT2D eigenvalue weighted by Gasteiger charge is 2.35. The van der Waals surface area contributed by atoms with Gasteiger partial charge in [0.2, 0.25) is 5.91 Å². The number of benzene rings is 1. The fourth-order valence-electron chi connectivity index (χ4n) is 3.66. The smallest absolute Gasteiger partial charge is 0.223 e. The van der Waals surface area contributed by atoms with Gasteiger partial charge in [-0.1, -0.05) is 24.3 Å². The van der Waals surface area contributed by atoms with Crippen LogP contribution in [-0.2, 0) is 16.8 Å². The second kappa shape index (κ2) is 5.21. The average molecular weight is 272 g/mol. The van der Waals surface area contributed by atoms with E-state index < -0.39 is 0 Å². The van der Waals surface area contributed by atoms with E-state index in [4.69, 9.17) is 0 Å². The Morgan fingerprint density at radius 3 is 2.90 bits per heavy atom. The Morgan fingerprint density at radius 2 is 2.15 bits per heavy atom. The lowest BCUT2D eigenvalue weighted by molar-refractivity contribution is -0.122. The molecule has 1 fully saturated rings. The normalized spacial score (nSPS) is 25.3. The number of fused-ring (bicyclic) bond motifs is 1. The van der Waals surface area contributed by atoms with Crippen molar-refractivity contribution in [2.24, 2.45) is 5.92 Å². The van der Waals surface area contributed by atoms with Crippen LogP contribution in [-0.4, -0.2) is 30.4 Å². The molecule has 2 heterocycles. The zero-order chi connectivity index (χ0) is 14.2. The van der Waals surface area contributed by atoms with Gasteiger partial charge < -0.3 is 5.32 Å². The van der Waals surface area contributed by atoms with E-state index >= 15 is 0 Å². The van der Waals surface area contributed by atoms with E-state index in [-0.39, 0.29) is 17.4 Å². The van der Waals surface area contributed by atoms with Gasteiger partial charge in [0.05, 0.1) is 0 Å². The van der Waals surface area contributed by atoms with Gasteiger partial charge in [0.15, 0.2) is 0 Å². The first-order valence-corrected chi connectivity index (χ1v) is 7.70. The molecule has 1 N–H and O–H groups in total. The van der Waals surface area contributed by atoms with Crippen LogP contribution in [0.15, 0.2) is 24.3 Å². The summed E-state index contributed by atoms with van der Waals surface area (Å²) in [6.07, 6.45) is 3.11. The lowest BCUT2D eigenvalue weighted by Gasteiger charge is -2.44. The summed E-state index contributed by atoms with van der Waals surface area (Å²) in [7, 11) is 0. The molecule has 1 unspecified atom stereocenters. The minimum Gasteiger partial charge on any atom is -0.356 e. The summed E-state index contributed by atoms with van der Waals surface area (Å²) in [5.74, 6) is 0.475. The summed E-state index contributed by atoms with van der Waals surface area (Å²) in [4.78, 5) is 14.2. The molecule has 0 radical (unpaired) electrons. The lowest BCUT2D eigenvalue weighted by Crippen LogP contribution is -2.47. The number of carbonyl (C=O) groups is 1. The van der Waals surface area contributed by atoms with Crippen LogP contribution < -0.4 is 5.32 Å². The lowest BCUT2D eigenvalue weighted by atomic mass is 9.83. The summed E-state index contributed by atoms with van der Waals surface area (Å²) in [6, 6.07) is 8.77. The Morgan fingerprint density at radius 1 is 1.35 bits per heavy atom. The molecule has 1 aromatic rings. The Bertz CT molecular complexity index is 509. The van der Waals surface area contributed by atoms with Gasteiger partial charge in [-0.25, -0.2) is 0 Å². The van der Waals surface area contributed by atoms with Gasteiger partial charge in [0.1, 0.15) is 0 Å². The Balaban J connectivity index is 1.71. The van der Waals surface area contributed by atoms with Gasteiger partial charge in [-0.3, -0.25) is 9.69 Å². The molecule has 1 aromatic carbocycles. The maximum atomic E-state index is 11.7. The average Bonchev–Trinajstić information content (AvgIpc) is 2.84. The predicted octanol–water partition coefficient (Wildman–Crippen LogP) is 2.31. The van der Waals surface area contributed by atoms with Gasteiger partial charge in [-0.2, -0.15) is 0 Å². The third-order valence-corrected chi connectivity index (χ3v) is 5.03. The Labute approximate surface area is 121 Å². The van der Waals surface area contributed by atoms with Crippen molar-refractivity contribution in [2.45, 2.75) is 38.6 Å². The molecule has 0 spiro atoms. The molecule has 3 nitrogen and oxygen atoms in total. The van der Waals surface area contributed by atoms with Crippen LogP contribution in [0.1, 0.15) is 37.8 Å². The van der Waals surface area contributed by atoms with E-state index in [1.807, 2.05) is 0 Å². The first-order chi connectivity index (χ1) is 9.59. The van der Waals surface area contributed by atoms with E-state index in [0.717, 1.165) is 38.9 Å². The van der Waals surface area contributed by atoms with Gasteiger partial charge in [0.25, 0.3) is 0 Å². The van der Waals surface area contributed by atoms with Crippen LogP contribution in [0.5, 0.6) is 0 Å². The van der Waals surface area contributed by atoms with Crippen molar-refractivity contribution < 1.29 is 4.79 Å². The van der Waals surface area contributed by atoms with E-state index in [2.05, 4.69) is 48.3 Å². The van der Waals surface area contributed by atoms with Gasteiger partial charge >= 0.3 is 0 Å². The standard InChI is InChI=1S/C17H24N2O/c1-17(2)15-6-4-3-5-13(15)8-11-19(17)12-9-14-7-10-18-16(14)20/h3-6,14H,7-12H2,1-2H3,(H,18,20). The van der Waals surface area contributed by atoms with Crippen molar-refractivity contribution in [2.75, 3.05) is 19.6 Å². The maximum absolute atomic E-state index is 11.7. The largest absolute Gasteiger partial charge is 0.356 e. The number of hydrogen-bond acceptors (Lipinski definition) is 2. The first kappa shape index (κ1) is 13.6. The number of hydrogen-bond donors (Lipinski definition) is 1. The molecule has 0 saturated carbocycles. The van der Waals surface area contributed by atoms with Crippen LogP contribution in [0, 0.1) is 5.92 Å². The molecule has 2 aliphatic heterocycles. The van der Waals surface area contributed by atoms with E-state index in [1.165, 1.54) is 11.1 Å². The Kier molecular flexibility index (Phi) is 3.55. The number of nitrogens with one attached hydrogen (secondary N) is 1. The number of amides is 1. The zero-order valence-electron chi connectivity index (χ0n) is 12.5. The fraction of sp³-hybridized carbons (Fsp3) is 0.588. The minimum atomic E-state index is 0.0733. The van der Waals surface area contributed by atoms with Crippen LogP contribution >= 0.6 is 0 Å². The van der Waals surface area contributed by atoms with Crippen molar-refractivity contribution in [3.05, 3.63) is 35.4 Å². The van der Waals surface area contributed by atoms with Crippen molar-refractivity contribution in [1.29, 1.82) is 0 Å². The topological polar surface area (TPSA) is 32.3 Å². The SMILES string of the molecule is CC1(C)c2ccccc2CCN1CCC1CCNC1=O. The van der Waals surface area contributed by atoms with E-state index in [9.17, 15) is 4.79 Å². The van der Waals surface area contributed by atoms with Gasteiger partial charge in [-0.15, -0.1) is 0 Å². The molecule has 0 bridgehead atoms. The molecule has 3 heteroatoms. The molecule has 3 rings (SSSR count). The van der Waals surface area contributed by atoms with Crippen molar-refractivity contribution in [1.82, 2.24) is 10.2 Å². The van der Waals surface area contributed by atoms with Crippen LogP contribution in [0.4, 0.5) is 0 Å². The molecule has 1 amide bonds.